The number of hydrogen-bond donors (Lipinski definition) is 1. The lowest BCUT2D eigenvalue weighted by molar-refractivity contribution is -0.116. The molecule has 1 N–H and O–H groups in total. The number of amides is 2. The molecule has 0 aromatic heterocycles. The lowest BCUT2D eigenvalue weighted by atomic mass is 10.1. The van der Waals surface area contributed by atoms with Gasteiger partial charge in [0.25, 0.3) is 0 Å². The van der Waals surface area contributed by atoms with Crippen LogP contribution in [0, 0.1) is 0 Å². The lowest BCUT2D eigenvalue weighted by Gasteiger charge is -2.17. The number of benzene rings is 2. The van der Waals surface area contributed by atoms with Crippen molar-refractivity contribution in [3.63, 3.8) is 0 Å². The van der Waals surface area contributed by atoms with Gasteiger partial charge in [0.15, 0.2) is 0 Å². The zero-order valence-corrected chi connectivity index (χ0v) is 16.1. The van der Waals surface area contributed by atoms with Crippen molar-refractivity contribution in [3.05, 3.63) is 58.1 Å². The average molecular weight is 395 g/mol. The van der Waals surface area contributed by atoms with Gasteiger partial charge in [-0.3, -0.25) is 9.69 Å². The van der Waals surface area contributed by atoms with Crippen LogP contribution in [0.4, 0.5) is 16.2 Å². The zero-order chi connectivity index (χ0) is 19.1. The van der Waals surface area contributed by atoms with E-state index in [0.29, 0.717) is 34.4 Å². The van der Waals surface area contributed by atoms with Gasteiger partial charge in [0.1, 0.15) is 0 Å². The first-order valence-electron chi connectivity index (χ1n) is 8.15. The van der Waals surface area contributed by atoms with Crippen molar-refractivity contribution in [1.82, 2.24) is 0 Å². The van der Waals surface area contributed by atoms with Gasteiger partial charge in [-0.2, -0.15) is 0 Å². The summed E-state index contributed by atoms with van der Waals surface area (Å²) >= 11 is 12.1. The number of carbonyl (C=O) groups is 2. The first kappa shape index (κ1) is 20.1. The second-order valence-corrected chi connectivity index (χ2v) is 6.35. The van der Waals surface area contributed by atoms with E-state index in [0.717, 1.165) is 5.56 Å². The van der Waals surface area contributed by atoms with Gasteiger partial charge in [0.05, 0.1) is 16.7 Å². The first-order valence-corrected chi connectivity index (χ1v) is 8.91. The normalized spacial score (nSPS) is 10.3. The maximum Gasteiger partial charge on any atom is 0.413 e. The molecule has 2 aromatic carbocycles. The van der Waals surface area contributed by atoms with E-state index in [9.17, 15) is 9.59 Å². The van der Waals surface area contributed by atoms with E-state index >= 15 is 0 Å². The van der Waals surface area contributed by atoms with Gasteiger partial charge in [0, 0.05) is 24.8 Å². The van der Waals surface area contributed by atoms with E-state index < -0.39 is 6.09 Å². The van der Waals surface area contributed by atoms with E-state index in [1.165, 1.54) is 4.90 Å². The fourth-order valence-corrected chi connectivity index (χ4v) is 2.72. The molecule has 0 unspecified atom stereocenters. The van der Waals surface area contributed by atoms with Gasteiger partial charge in [-0.05, 0) is 49.2 Å². The Kier molecular flexibility index (Phi) is 7.30. The van der Waals surface area contributed by atoms with Crippen LogP contribution >= 0.6 is 23.2 Å². The molecule has 0 saturated carbocycles. The van der Waals surface area contributed by atoms with E-state index in [1.54, 1.807) is 50.4 Å². The summed E-state index contributed by atoms with van der Waals surface area (Å²) in [7, 11) is 1.63. The summed E-state index contributed by atoms with van der Waals surface area (Å²) in [6.45, 7) is 2.06. The summed E-state index contributed by atoms with van der Waals surface area (Å²) in [6, 6.07) is 12.3. The predicted molar refractivity (Wildman–Crippen MR) is 105 cm³/mol. The number of nitrogens with zero attached hydrogens (tertiary/aromatic N) is 1. The highest BCUT2D eigenvalue weighted by molar-refractivity contribution is 6.42. The van der Waals surface area contributed by atoms with Gasteiger partial charge < -0.3 is 10.1 Å². The Hall–Kier alpha value is -2.24. The molecular formula is C19H20Cl2N2O3. The molecule has 0 heterocycles. The highest BCUT2D eigenvalue weighted by Gasteiger charge is 2.12. The summed E-state index contributed by atoms with van der Waals surface area (Å²) in [5, 5.41) is 3.77. The SMILES string of the molecule is CCOC(=O)N(C)c1ccc(NC(=O)CCc2cccc(Cl)c2Cl)cc1. The molecule has 7 heteroatoms. The molecule has 0 aliphatic heterocycles. The third kappa shape index (κ3) is 5.38. The number of halogens is 2. The second-order valence-electron chi connectivity index (χ2n) is 5.57. The fraction of sp³-hybridized carbons (Fsp3) is 0.263. The van der Waals surface area contributed by atoms with Crippen molar-refractivity contribution >= 4 is 46.6 Å². The standard InChI is InChI=1S/C19H20Cl2N2O3/c1-3-26-19(25)23(2)15-10-8-14(9-11-15)22-17(24)12-7-13-5-4-6-16(20)18(13)21/h4-6,8-11H,3,7,12H2,1-2H3,(H,22,24). The fourth-order valence-electron chi connectivity index (χ4n) is 2.31. The molecule has 0 spiro atoms. The van der Waals surface area contributed by atoms with E-state index in [2.05, 4.69) is 5.32 Å². The second kappa shape index (κ2) is 9.46. The monoisotopic (exact) mass is 394 g/mol. The molecule has 0 saturated heterocycles. The van der Waals surface area contributed by atoms with Crippen LogP contribution in [0.25, 0.3) is 0 Å². The Labute approximate surface area is 162 Å². The van der Waals surface area contributed by atoms with Crippen LogP contribution in [0.2, 0.25) is 10.0 Å². The summed E-state index contributed by atoms with van der Waals surface area (Å²) in [5.74, 6) is -0.132. The molecule has 0 fully saturated rings. The van der Waals surface area contributed by atoms with Gasteiger partial charge in [-0.15, -0.1) is 0 Å². The number of anilines is 2. The number of nitrogens with one attached hydrogen (secondary N) is 1. The van der Waals surface area contributed by atoms with E-state index in [-0.39, 0.29) is 12.3 Å². The summed E-state index contributed by atoms with van der Waals surface area (Å²) in [4.78, 5) is 25.2. The van der Waals surface area contributed by atoms with Crippen molar-refractivity contribution in [2.75, 3.05) is 23.9 Å². The van der Waals surface area contributed by atoms with Gasteiger partial charge in [0.2, 0.25) is 5.91 Å². The summed E-state index contributed by atoms with van der Waals surface area (Å²) < 4.78 is 4.94. The molecule has 138 valence electrons. The average Bonchev–Trinajstić information content (AvgIpc) is 2.63. The van der Waals surface area contributed by atoms with Crippen molar-refractivity contribution < 1.29 is 14.3 Å². The minimum atomic E-state index is -0.428. The van der Waals surface area contributed by atoms with Crippen molar-refractivity contribution in [2.24, 2.45) is 0 Å². The van der Waals surface area contributed by atoms with Gasteiger partial charge in [-0.1, -0.05) is 35.3 Å². The number of ether oxygens (including phenoxy) is 1. The van der Waals surface area contributed by atoms with Crippen LogP contribution in [0.15, 0.2) is 42.5 Å². The Balaban J connectivity index is 1.91. The largest absolute Gasteiger partial charge is 0.449 e. The number of hydrogen-bond acceptors (Lipinski definition) is 3. The third-order valence-electron chi connectivity index (χ3n) is 3.73. The number of carbonyl (C=O) groups excluding carboxylic acids is 2. The molecule has 0 radical (unpaired) electrons. The smallest absolute Gasteiger partial charge is 0.413 e. The van der Waals surface area contributed by atoms with Crippen molar-refractivity contribution in [3.8, 4) is 0 Å². The number of aryl methyl sites for hydroxylation is 1. The topological polar surface area (TPSA) is 58.6 Å². The third-order valence-corrected chi connectivity index (χ3v) is 4.59. The first-order chi connectivity index (χ1) is 12.4. The molecule has 0 atom stereocenters. The molecule has 26 heavy (non-hydrogen) atoms. The quantitative estimate of drug-likeness (QED) is 0.735. The summed E-state index contributed by atoms with van der Waals surface area (Å²) in [5.41, 5.74) is 2.15. The highest BCUT2D eigenvalue weighted by Crippen LogP contribution is 2.26. The van der Waals surface area contributed by atoms with Crippen LogP contribution in [0.3, 0.4) is 0 Å². The van der Waals surface area contributed by atoms with Crippen LogP contribution in [0.5, 0.6) is 0 Å². The Morgan fingerprint density at radius 2 is 1.81 bits per heavy atom. The highest BCUT2D eigenvalue weighted by atomic mass is 35.5. The van der Waals surface area contributed by atoms with E-state index in [4.69, 9.17) is 27.9 Å². The van der Waals surface area contributed by atoms with Crippen LogP contribution in [-0.4, -0.2) is 25.7 Å². The van der Waals surface area contributed by atoms with Crippen molar-refractivity contribution in [2.45, 2.75) is 19.8 Å². The molecule has 2 aromatic rings. The lowest BCUT2D eigenvalue weighted by Crippen LogP contribution is -2.26. The van der Waals surface area contributed by atoms with Crippen LogP contribution in [0.1, 0.15) is 18.9 Å². The maximum absolute atomic E-state index is 12.1. The van der Waals surface area contributed by atoms with Gasteiger partial charge >= 0.3 is 6.09 Å². The molecule has 2 amide bonds. The van der Waals surface area contributed by atoms with Crippen LogP contribution < -0.4 is 10.2 Å². The minimum Gasteiger partial charge on any atom is -0.449 e. The van der Waals surface area contributed by atoms with Crippen molar-refractivity contribution in [1.29, 1.82) is 0 Å². The van der Waals surface area contributed by atoms with Crippen LogP contribution in [-0.2, 0) is 16.0 Å². The zero-order valence-electron chi connectivity index (χ0n) is 14.6. The minimum absolute atomic E-state index is 0.132. The Morgan fingerprint density at radius 1 is 1.12 bits per heavy atom. The van der Waals surface area contributed by atoms with Gasteiger partial charge in [-0.25, -0.2) is 4.79 Å². The maximum atomic E-state index is 12.1. The molecular weight excluding hydrogens is 375 g/mol. The van der Waals surface area contributed by atoms with E-state index in [1.807, 2.05) is 6.07 Å². The molecule has 0 aliphatic carbocycles. The molecule has 2 rings (SSSR count). The number of rotatable bonds is 6. The predicted octanol–water partition coefficient (Wildman–Crippen LogP) is 5.16. The summed E-state index contributed by atoms with van der Waals surface area (Å²) in [6.07, 6.45) is 0.349. The Morgan fingerprint density at radius 3 is 2.46 bits per heavy atom. The molecule has 5 nitrogen and oxygen atoms in total. The molecule has 0 aliphatic rings. The molecule has 0 bridgehead atoms. The Bertz CT molecular complexity index is 779.